The number of aliphatic imine (C=N–C) groups is 1. The summed E-state index contributed by atoms with van der Waals surface area (Å²) in [6, 6.07) is 7.69. The first-order valence-corrected chi connectivity index (χ1v) is 8.60. The summed E-state index contributed by atoms with van der Waals surface area (Å²) < 4.78 is 5.61. The number of ether oxygens (including phenoxy) is 1. The van der Waals surface area contributed by atoms with E-state index in [1.165, 1.54) is 6.42 Å². The number of amides is 1. The summed E-state index contributed by atoms with van der Waals surface area (Å²) >= 11 is 0. The zero-order valence-electron chi connectivity index (χ0n) is 15.0. The molecule has 25 heavy (non-hydrogen) atoms. The summed E-state index contributed by atoms with van der Waals surface area (Å²) in [6.07, 6.45) is 4.57. The molecule has 1 fully saturated rings. The highest BCUT2D eigenvalue weighted by molar-refractivity contribution is 14.0. The third-order valence-electron chi connectivity index (χ3n) is 4.13. The quantitative estimate of drug-likeness (QED) is 0.331. The van der Waals surface area contributed by atoms with Crippen molar-refractivity contribution in [3.63, 3.8) is 0 Å². The molecule has 1 unspecified atom stereocenters. The molecule has 1 aromatic rings. The minimum Gasteiger partial charge on any atom is -0.378 e. The number of nitrogens with one attached hydrogen (secondary N) is 3. The molecule has 1 aromatic carbocycles. The van der Waals surface area contributed by atoms with Crippen LogP contribution in [0, 0.1) is 0 Å². The zero-order valence-corrected chi connectivity index (χ0v) is 17.3. The Hall–Kier alpha value is -1.35. The highest BCUT2D eigenvalue weighted by Crippen LogP contribution is 2.14. The van der Waals surface area contributed by atoms with Crippen molar-refractivity contribution in [3.8, 4) is 0 Å². The standard InChI is InChI=1S/C18H28N4O2.HI/c1-19-17(23)15-6-3-5-14(13-15)8-10-21-18(20-2)22-11-9-16-7-4-12-24-16;/h3,5-6,13,16H,4,7-12H2,1-2H3,(H,19,23)(H2,20,21,22);1H. The van der Waals surface area contributed by atoms with Crippen LogP contribution in [-0.2, 0) is 11.2 Å². The Kier molecular flexibility index (Phi) is 10.5. The molecule has 1 aliphatic rings. The molecule has 140 valence electrons. The lowest BCUT2D eigenvalue weighted by atomic mass is 10.1. The zero-order chi connectivity index (χ0) is 17.2. The number of hydrogen-bond donors (Lipinski definition) is 3. The van der Waals surface area contributed by atoms with Gasteiger partial charge in [-0.05, 0) is 43.4 Å². The first kappa shape index (κ1) is 21.7. The van der Waals surface area contributed by atoms with Crippen molar-refractivity contribution in [2.24, 2.45) is 4.99 Å². The lowest BCUT2D eigenvalue weighted by Crippen LogP contribution is -2.39. The molecule has 1 atom stereocenters. The van der Waals surface area contributed by atoms with Gasteiger partial charge < -0.3 is 20.7 Å². The summed E-state index contributed by atoms with van der Waals surface area (Å²) in [5.41, 5.74) is 1.81. The van der Waals surface area contributed by atoms with Gasteiger partial charge in [-0.3, -0.25) is 9.79 Å². The molecule has 0 saturated carbocycles. The number of benzene rings is 1. The summed E-state index contributed by atoms with van der Waals surface area (Å²) in [6.45, 7) is 2.51. The fourth-order valence-corrected chi connectivity index (χ4v) is 2.78. The van der Waals surface area contributed by atoms with E-state index in [1.807, 2.05) is 24.3 Å². The first-order valence-electron chi connectivity index (χ1n) is 8.60. The van der Waals surface area contributed by atoms with E-state index in [-0.39, 0.29) is 29.9 Å². The average Bonchev–Trinajstić information content (AvgIpc) is 3.13. The second-order valence-corrected chi connectivity index (χ2v) is 5.88. The van der Waals surface area contributed by atoms with Crippen LogP contribution in [-0.4, -0.2) is 51.8 Å². The number of rotatable bonds is 7. The van der Waals surface area contributed by atoms with Gasteiger partial charge in [0.2, 0.25) is 0 Å². The van der Waals surface area contributed by atoms with Gasteiger partial charge in [0, 0.05) is 39.4 Å². The van der Waals surface area contributed by atoms with Gasteiger partial charge in [-0.15, -0.1) is 24.0 Å². The maximum absolute atomic E-state index is 11.7. The molecule has 0 spiro atoms. The maximum atomic E-state index is 11.7. The summed E-state index contributed by atoms with van der Waals surface area (Å²) in [5, 5.41) is 9.26. The fraction of sp³-hybridized carbons (Fsp3) is 0.556. The van der Waals surface area contributed by atoms with Gasteiger partial charge in [0.25, 0.3) is 5.91 Å². The molecule has 0 aliphatic carbocycles. The molecule has 1 aliphatic heterocycles. The number of guanidine groups is 1. The summed E-state index contributed by atoms with van der Waals surface area (Å²) in [5.74, 6) is 0.742. The van der Waals surface area contributed by atoms with E-state index < -0.39 is 0 Å². The minimum absolute atomic E-state index is 0. The van der Waals surface area contributed by atoms with Crippen molar-refractivity contribution in [2.75, 3.05) is 33.8 Å². The second kappa shape index (κ2) is 12.1. The monoisotopic (exact) mass is 460 g/mol. The first-order chi connectivity index (χ1) is 11.7. The lowest BCUT2D eigenvalue weighted by Gasteiger charge is -2.14. The lowest BCUT2D eigenvalue weighted by molar-refractivity contribution is 0.0963. The van der Waals surface area contributed by atoms with Crippen molar-refractivity contribution in [1.82, 2.24) is 16.0 Å². The van der Waals surface area contributed by atoms with Crippen molar-refractivity contribution < 1.29 is 9.53 Å². The number of carbonyl (C=O) groups is 1. The van der Waals surface area contributed by atoms with Crippen LogP contribution in [0.5, 0.6) is 0 Å². The van der Waals surface area contributed by atoms with Gasteiger partial charge in [0.05, 0.1) is 6.10 Å². The molecular formula is C18H29IN4O2. The van der Waals surface area contributed by atoms with E-state index >= 15 is 0 Å². The predicted octanol–water partition coefficient (Wildman–Crippen LogP) is 1.94. The summed E-state index contributed by atoms with van der Waals surface area (Å²) in [7, 11) is 3.41. The van der Waals surface area contributed by atoms with Crippen molar-refractivity contribution in [3.05, 3.63) is 35.4 Å². The normalized spacial score (nSPS) is 16.9. The minimum atomic E-state index is -0.0589. The largest absolute Gasteiger partial charge is 0.378 e. The van der Waals surface area contributed by atoms with E-state index in [0.29, 0.717) is 11.7 Å². The molecule has 1 heterocycles. The molecule has 6 nitrogen and oxygen atoms in total. The third kappa shape index (κ3) is 7.60. The molecule has 1 amide bonds. The van der Waals surface area contributed by atoms with Crippen molar-refractivity contribution in [1.29, 1.82) is 0 Å². The molecule has 0 bridgehead atoms. The SMILES string of the molecule is CN=C(NCCc1cccc(C(=O)NC)c1)NCCC1CCCO1.I. The molecule has 0 aromatic heterocycles. The van der Waals surface area contributed by atoms with Crippen LogP contribution in [0.2, 0.25) is 0 Å². The highest BCUT2D eigenvalue weighted by Gasteiger charge is 2.14. The fourth-order valence-electron chi connectivity index (χ4n) is 2.78. The smallest absolute Gasteiger partial charge is 0.251 e. The Morgan fingerprint density at radius 3 is 2.80 bits per heavy atom. The highest BCUT2D eigenvalue weighted by atomic mass is 127. The van der Waals surface area contributed by atoms with E-state index in [4.69, 9.17) is 4.74 Å². The molecular weight excluding hydrogens is 431 g/mol. The molecule has 7 heteroatoms. The van der Waals surface area contributed by atoms with Crippen LogP contribution >= 0.6 is 24.0 Å². The van der Waals surface area contributed by atoms with E-state index in [0.717, 1.165) is 50.5 Å². The number of halogens is 1. The van der Waals surface area contributed by atoms with Gasteiger partial charge in [-0.2, -0.15) is 0 Å². The van der Waals surface area contributed by atoms with Gasteiger partial charge in [-0.1, -0.05) is 12.1 Å². The Balaban J connectivity index is 0.00000312. The topological polar surface area (TPSA) is 74.8 Å². The second-order valence-electron chi connectivity index (χ2n) is 5.88. The Morgan fingerprint density at radius 2 is 2.12 bits per heavy atom. The van der Waals surface area contributed by atoms with E-state index in [1.54, 1.807) is 14.1 Å². The number of carbonyl (C=O) groups excluding carboxylic acids is 1. The average molecular weight is 460 g/mol. The van der Waals surface area contributed by atoms with Crippen molar-refractivity contribution >= 4 is 35.8 Å². The van der Waals surface area contributed by atoms with Crippen LogP contribution in [0.4, 0.5) is 0 Å². The number of nitrogens with zero attached hydrogens (tertiary/aromatic N) is 1. The van der Waals surface area contributed by atoms with Gasteiger partial charge in [-0.25, -0.2) is 0 Å². The molecule has 3 N–H and O–H groups in total. The van der Waals surface area contributed by atoms with Crippen LogP contribution in [0.1, 0.15) is 35.2 Å². The summed E-state index contributed by atoms with van der Waals surface area (Å²) in [4.78, 5) is 15.9. The van der Waals surface area contributed by atoms with Gasteiger partial charge in [0.1, 0.15) is 0 Å². The van der Waals surface area contributed by atoms with Crippen LogP contribution in [0.3, 0.4) is 0 Å². The van der Waals surface area contributed by atoms with E-state index in [2.05, 4.69) is 20.9 Å². The van der Waals surface area contributed by atoms with Crippen LogP contribution < -0.4 is 16.0 Å². The Morgan fingerprint density at radius 1 is 1.32 bits per heavy atom. The molecule has 2 rings (SSSR count). The molecule has 0 radical (unpaired) electrons. The van der Waals surface area contributed by atoms with E-state index in [9.17, 15) is 4.79 Å². The third-order valence-corrected chi connectivity index (χ3v) is 4.13. The maximum Gasteiger partial charge on any atom is 0.251 e. The van der Waals surface area contributed by atoms with Crippen molar-refractivity contribution in [2.45, 2.75) is 31.8 Å². The Bertz CT molecular complexity index is 560. The molecule has 1 saturated heterocycles. The van der Waals surface area contributed by atoms with Crippen LogP contribution in [0.25, 0.3) is 0 Å². The van der Waals surface area contributed by atoms with Gasteiger partial charge in [0.15, 0.2) is 5.96 Å². The van der Waals surface area contributed by atoms with Crippen LogP contribution in [0.15, 0.2) is 29.3 Å². The van der Waals surface area contributed by atoms with Gasteiger partial charge >= 0.3 is 0 Å². The Labute approximate surface area is 167 Å². The number of hydrogen-bond acceptors (Lipinski definition) is 3. The predicted molar refractivity (Wildman–Crippen MR) is 112 cm³/mol.